The summed E-state index contributed by atoms with van der Waals surface area (Å²) in [6, 6.07) is 10.9. The maximum Gasteiger partial charge on any atom is 0.191 e. The fourth-order valence-electron chi connectivity index (χ4n) is 3.26. The lowest BCUT2D eigenvalue weighted by Crippen LogP contribution is -2.45. The molecule has 1 aliphatic heterocycles. The van der Waals surface area contributed by atoms with Gasteiger partial charge in [-0.25, -0.2) is 4.99 Å². The molecular weight excluding hydrogens is 481 g/mol. The van der Waals surface area contributed by atoms with Gasteiger partial charge in [0.2, 0.25) is 0 Å². The third-order valence-electron chi connectivity index (χ3n) is 5.03. The molecule has 3 rings (SSSR count). The van der Waals surface area contributed by atoms with Crippen LogP contribution >= 0.6 is 24.0 Å². The van der Waals surface area contributed by atoms with E-state index in [1.165, 1.54) is 5.69 Å². The average molecular weight is 513 g/mol. The number of guanidine groups is 1. The summed E-state index contributed by atoms with van der Waals surface area (Å²) in [5, 5.41) is 15.3. The maximum atomic E-state index is 5.14. The zero-order valence-electron chi connectivity index (χ0n) is 17.5. The summed E-state index contributed by atoms with van der Waals surface area (Å²) < 4.78 is 7.11. The van der Waals surface area contributed by atoms with E-state index < -0.39 is 0 Å². The minimum Gasteiger partial charge on any atom is -0.385 e. The van der Waals surface area contributed by atoms with Crippen molar-refractivity contribution >= 4 is 35.6 Å². The molecule has 1 unspecified atom stereocenters. The van der Waals surface area contributed by atoms with Gasteiger partial charge < -0.3 is 24.8 Å². The summed E-state index contributed by atoms with van der Waals surface area (Å²) in [5.74, 6) is 2.56. The Balaban J connectivity index is 0.00000300. The van der Waals surface area contributed by atoms with Gasteiger partial charge in [0.25, 0.3) is 0 Å². The topological polar surface area (TPSA) is 79.6 Å². The Hall–Kier alpha value is -1.88. The van der Waals surface area contributed by atoms with Gasteiger partial charge in [-0.2, -0.15) is 0 Å². The molecule has 0 aliphatic carbocycles. The molecule has 0 spiro atoms. The minimum atomic E-state index is 0. The fourth-order valence-corrected chi connectivity index (χ4v) is 3.26. The second kappa shape index (κ2) is 12.0. The van der Waals surface area contributed by atoms with E-state index in [4.69, 9.17) is 9.73 Å². The van der Waals surface area contributed by atoms with E-state index in [1.54, 1.807) is 7.11 Å². The Labute approximate surface area is 190 Å². The van der Waals surface area contributed by atoms with Gasteiger partial charge in [0.1, 0.15) is 12.4 Å². The minimum absolute atomic E-state index is 0. The third kappa shape index (κ3) is 6.84. The standard InChI is InChI=1S/C20H31N7O.HI/c1-16-24-25-19(26(16)2)14-22-20(21-11-7-13-28-3)23-17-10-12-27(15-17)18-8-5-4-6-9-18;/h4-6,8-9,17H,7,10-15H2,1-3H3,(H2,21,22,23);1H. The molecule has 1 aromatic heterocycles. The van der Waals surface area contributed by atoms with E-state index in [9.17, 15) is 0 Å². The zero-order valence-corrected chi connectivity index (χ0v) is 19.8. The number of aryl methyl sites for hydroxylation is 1. The number of nitrogens with one attached hydrogen (secondary N) is 2. The van der Waals surface area contributed by atoms with Gasteiger partial charge in [-0.1, -0.05) is 18.2 Å². The van der Waals surface area contributed by atoms with Crippen LogP contribution in [0.3, 0.4) is 0 Å². The van der Waals surface area contributed by atoms with Crippen LogP contribution in [0.2, 0.25) is 0 Å². The van der Waals surface area contributed by atoms with Crippen LogP contribution in [0.4, 0.5) is 5.69 Å². The molecule has 1 saturated heterocycles. The monoisotopic (exact) mass is 513 g/mol. The van der Waals surface area contributed by atoms with Crippen LogP contribution in [0.25, 0.3) is 0 Å². The molecule has 8 nitrogen and oxygen atoms in total. The van der Waals surface area contributed by atoms with E-state index in [1.807, 2.05) is 18.5 Å². The van der Waals surface area contributed by atoms with E-state index in [0.29, 0.717) is 12.6 Å². The summed E-state index contributed by atoms with van der Waals surface area (Å²) in [4.78, 5) is 7.15. The van der Waals surface area contributed by atoms with Crippen molar-refractivity contribution < 1.29 is 4.74 Å². The quantitative estimate of drug-likeness (QED) is 0.244. The van der Waals surface area contributed by atoms with Crippen molar-refractivity contribution in [3.8, 4) is 0 Å². The Morgan fingerprint density at radius 2 is 2.07 bits per heavy atom. The first-order valence-corrected chi connectivity index (χ1v) is 9.86. The van der Waals surface area contributed by atoms with E-state index in [-0.39, 0.29) is 24.0 Å². The highest BCUT2D eigenvalue weighted by atomic mass is 127. The Bertz CT molecular complexity index is 765. The second-order valence-corrected chi connectivity index (χ2v) is 7.07. The Kier molecular flexibility index (Phi) is 9.65. The molecule has 2 aromatic rings. The summed E-state index contributed by atoms with van der Waals surface area (Å²) >= 11 is 0. The predicted molar refractivity (Wildman–Crippen MR) is 127 cm³/mol. The largest absolute Gasteiger partial charge is 0.385 e. The number of aromatic nitrogens is 3. The molecule has 1 aliphatic rings. The summed E-state index contributed by atoms with van der Waals surface area (Å²) in [5.41, 5.74) is 1.27. The Morgan fingerprint density at radius 1 is 1.28 bits per heavy atom. The van der Waals surface area contributed by atoms with Crippen molar-refractivity contribution in [2.75, 3.05) is 38.3 Å². The number of methoxy groups -OCH3 is 1. The highest BCUT2D eigenvalue weighted by Gasteiger charge is 2.23. The molecule has 0 amide bonds. The van der Waals surface area contributed by atoms with Crippen molar-refractivity contribution in [1.82, 2.24) is 25.4 Å². The maximum absolute atomic E-state index is 5.14. The summed E-state index contributed by atoms with van der Waals surface area (Å²) in [7, 11) is 3.69. The molecule has 1 atom stereocenters. The van der Waals surface area contributed by atoms with Gasteiger partial charge in [-0.15, -0.1) is 34.2 Å². The zero-order chi connectivity index (χ0) is 19.8. The first-order chi connectivity index (χ1) is 13.7. The van der Waals surface area contributed by atoms with Gasteiger partial charge >= 0.3 is 0 Å². The molecule has 29 heavy (non-hydrogen) atoms. The lowest BCUT2D eigenvalue weighted by Gasteiger charge is -2.20. The lowest BCUT2D eigenvalue weighted by atomic mass is 10.2. The lowest BCUT2D eigenvalue weighted by molar-refractivity contribution is 0.195. The van der Waals surface area contributed by atoms with Crippen LogP contribution in [-0.4, -0.2) is 60.1 Å². The molecule has 1 fully saturated rings. The van der Waals surface area contributed by atoms with Crippen molar-refractivity contribution in [2.24, 2.45) is 12.0 Å². The number of nitrogens with zero attached hydrogens (tertiary/aromatic N) is 5. The first kappa shape index (κ1) is 23.4. The van der Waals surface area contributed by atoms with Crippen LogP contribution < -0.4 is 15.5 Å². The van der Waals surface area contributed by atoms with Crippen LogP contribution in [0.15, 0.2) is 35.3 Å². The number of benzene rings is 1. The highest BCUT2D eigenvalue weighted by molar-refractivity contribution is 14.0. The van der Waals surface area contributed by atoms with E-state index in [0.717, 1.165) is 56.7 Å². The van der Waals surface area contributed by atoms with Crippen LogP contribution in [0, 0.1) is 6.92 Å². The average Bonchev–Trinajstić information content (AvgIpc) is 3.31. The number of aliphatic imine (C=N–C) groups is 1. The van der Waals surface area contributed by atoms with Crippen molar-refractivity contribution in [3.05, 3.63) is 42.0 Å². The molecule has 1 aromatic carbocycles. The molecule has 0 bridgehead atoms. The first-order valence-electron chi connectivity index (χ1n) is 9.86. The number of halogens is 1. The molecule has 0 saturated carbocycles. The van der Waals surface area contributed by atoms with Crippen molar-refractivity contribution in [2.45, 2.75) is 32.4 Å². The third-order valence-corrected chi connectivity index (χ3v) is 5.03. The molecule has 2 N–H and O–H groups in total. The second-order valence-electron chi connectivity index (χ2n) is 7.07. The highest BCUT2D eigenvalue weighted by Crippen LogP contribution is 2.19. The van der Waals surface area contributed by atoms with Gasteiger partial charge in [-0.3, -0.25) is 0 Å². The fraction of sp³-hybridized carbons (Fsp3) is 0.550. The smallest absolute Gasteiger partial charge is 0.191 e. The van der Waals surface area contributed by atoms with E-state index >= 15 is 0 Å². The van der Waals surface area contributed by atoms with E-state index in [2.05, 4.69) is 56.1 Å². The molecule has 9 heteroatoms. The normalized spacial score (nSPS) is 16.6. The molecular formula is C20H32IN7O. The predicted octanol–water partition coefficient (Wildman–Crippen LogP) is 2.09. The number of rotatable bonds is 8. The van der Waals surface area contributed by atoms with Gasteiger partial charge in [-0.05, 0) is 31.9 Å². The number of ether oxygens (including phenoxy) is 1. The molecule has 160 valence electrons. The van der Waals surface area contributed by atoms with Crippen LogP contribution in [0.5, 0.6) is 0 Å². The number of anilines is 1. The van der Waals surface area contributed by atoms with Gasteiger partial charge in [0.15, 0.2) is 11.8 Å². The number of hydrogen-bond donors (Lipinski definition) is 2. The van der Waals surface area contributed by atoms with Gasteiger partial charge in [0.05, 0.1) is 0 Å². The van der Waals surface area contributed by atoms with Gasteiger partial charge in [0, 0.05) is 52.1 Å². The Morgan fingerprint density at radius 3 is 2.76 bits per heavy atom. The number of hydrogen-bond acceptors (Lipinski definition) is 5. The van der Waals surface area contributed by atoms with Crippen LogP contribution in [0.1, 0.15) is 24.5 Å². The molecule has 2 heterocycles. The summed E-state index contributed by atoms with van der Waals surface area (Å²) in [6.45, 7) is 5.98. The molecule has 0 radical (unpaired) electrons. The SMILES string of the molecule is COCCCNC(=NCc1nnc(C)n1C)NC1CCN(c2ccccc2)C1.I. The summed E-state index contributed by atoms with van der Waals surface area (Å²) in [6.07, 6.45) is 2.01. The van der Waals surface area contributed by atoms with Crippen molar-refractivity contribution in [3.63, 3.8) is 0 Å². The van der Waals surface area contributed by atoms with Crippen LogP contribution in [-0.2, 0) is 18.3 Å². The number of para-hydroxylation sites is 1. The van der Waals surface area contributed by atoms with Crippen molar-refractivity contribution in [1.29, 1.82) is 0 Å².